The van der Waals surface area contributed by atoms with Crippen molar-refractivity contribution in [3.05, 3.63) is 6.33 Å². The van der Waals surface area contributed by atoms with Crippen LogP contribution in [0, 0.1) is 0 Å². The van der Waals surface area contributed by atoms with Gasteiger partial charge in [0.05, 0.1) is 0 Å². The summed E-state index contributed by atoms with van der Waals surface area (Å²) in [6.07, 6.45) is 1.23. The molecule has 0 aliphatic heterocycles. The molecule has 1 heterocycles. The smallest absolute Gasteiger partial charge is 0.282 e. The van der Waals surface area contributed by atoms with Crippen molar-refractivity contribution in [1.29, 1.82) is 0 Å². The fourth-order valence-electron chi connectivity index (χ4n) is 1.03. The minimum absolute atomic E-state index is 0.130. The number of nitrogens with zero attached hydrogens (tertiary/aromatic N) is 5. The van der Waals surface area contributed by atoms with Crippen LogP contribution in [0.15, 0.2) is 6.33 Å². The lowest BCUT2D eigenvalue weighted by Crippen LogP contribution is -2.25. The van der Waals surface area contributed by atoms with Gasteiger partial charge in [0, 0.05) is 13.1 Å². The van der Waals surface area contributed by atoms with Gasteiger partial charge in [-0.2, -0.15) is 9.97 Å². The molecular formula is C7H13N5O2. The van der Waals surface area contributed by atoms with Gasteiger partial charge in [-0.3, -0.25) is 10.4 Å². The minimum atomic E-state index is -0.193. The molecule has 0 unspecified atom stereocenters. The summed E-state index contributed by atoms with van der Waals surface area (Å²) in [6, 6.07) is 0. The SMILES string of the molecule is CCN(CC)c1ncnc(N(O)O)n1. The molecule has 1 rings (SSSR count). The highest BCUT2D eigenvalue weighted by Crippen LogP contribution is 2.08. The van der Waals surface area contributed by atoms with Crippen molar-refractivity contribution in [3.63, 3.8) is 0 Å². The molecule has 1 aromatic rings. The summed E-state index contributed by atoms with van der Waals surface area (Å²) in [7, 11) is 0. The topological polar surface area (TPSA) is 85.6 Å². The monoisotopic (exact) mass is 199 g/mol. The fraction of sp³-hybridized carbons (Fsp3) is 0.571. The summed E-state index contributed by atoms with van der Waals surface area (Å²) in [5.74, 6) is 0.231. The number of anilines is 2. The number of hydrogen-bond donors (Lipinski definition) is 2. The molecule has 0 aliphatic carbocycles. The van der Waals surface area contributed by atoms with Crippen LogP contribution in [0.5, 0.6) is 0 Å². The van der Waals surface area contributed by atoms with E-state index in [9.17, 15) is 0 Å². The molecule has 0 saturated heterocycles. The molecule has 0 atom stereocenters. The molecular weight excluding hydrogens is 186 g/mol. The summed E-state index contributed by atoms with van der Waals surface area (Å²) in [5, 5.41) is 17.3. The van der Waals surface area contributed by atoms with Crippen LogP contribution in [-0.4, -0.2) is 38.5 Å². The van der Waals surface area contributed by atoms with Gasteiger partial charge in [0.15, 0.2) is 0 Å². The van der Waals surface area contributed by atoms with Gasteiger partial charge in [0.25, 0.3) is 5.95 Å². The molecule has 0 radical (unpaired) electrons. The third kappa shape index (κ3) is 2.27. The second-order valence-electron chi connectivity index (χ2n) is 2.55. The lowest BCUT2D eigenvalue weighted by molar-refractivity contribution is 0.0241. The number of aromatic nitrogens is 3. The van der Waals surface area contributed by atoms with E-state index in [4.69, 9.17) is 10.4 Å². The average Bonchev–Trinajstić information content (AvgIpc) is 2.20. The number of rotatable bonds is 4. The summed E-state index contributed by atoms with van der Waals surface area (Å²) in [6.45, 7) is 5.42. The summed E-state index contributed by atoms with van der Waals surface area (Å²) < 4.78 is 0. The third-order valence-corrected chi connectivity index (χ3v) is 1.77. The van der Waals surface area contributed by atoms with Crippen LogP contribution in [0.4, 0.5) is 11.9 Å². The quantitative estimate of drug-likeness (QED) is 0.674. The Kier molecular flexibility index (Phi) is 3.55. The van der Waals surface area contributed by atoms with Crippen molar-refractivity contribution in [2.75, 3.05) is 23.2 Å². The molecule has 0 amide bonds. The van der Waals surface area contributed by atoms with E-state index in [1.54, 1.807) is 0 Å². The minimum Gasteiger partial charge on any atom is -0.341 e. The molecule has 0 bridgehead atoms. The molecule has 7 nitrogen and oxygen atoms in total. The van der Waals surface area contributed by atoms with Gasteiger partial charge < -0.3 is 4.90 Å². The zero-order valence-electron chi connectivity index (χ0n) is 8.12. The van der Waals surface area contributed by atoms with E-state index >= 15 is 0 Å². The first-order valence-electron chi connectivity index (χ1n) is 4.30. The summed E-state index contributed by atoms with van der Waals surface area (Å²) >= 11 is 0. The van der Waals surface area contributed by atoms with Crippen molar-refractivity contribution in [3.8, 4) is 0 Å². The van der Waals surface area contributed by atoms with Gasteiger partial charge in [0.1, 0.15) is 6.33 Å². The van der Waals surface area contributed by atoms with Crippen LogP contribution in [0.1, 0.15) is 13.8 Å². The maximum atomic E-state index is 8.69. The molecule has 1 aromatic heterocycles. The first kappa shape index (κ1) is 10.6. The maximum absolute atomic E-state index is 8.69. The van der Waals surface area contributed by atoms with Crippen LogP contribution >= 0.6 is 0 Å². The van der Waals surface area contributed by atoms with Gasteiger partial charge in [-0.15, -0.1) is 0 Å². The fourth-order valence-corrected chi connectivity index (χ4v) is 1.03. The Bertz CT molecular complexity index is 289. The molecule has 7 heteroatoms. The van der Waals surface area contributed by atoms with Crippen molar-refractivity contribution >= 4 is 11.9 Å². The molecule has 0 spiro atoms. The van der Waals surface area contributed by atoms with Crippen LogP contribution < -0.4 is 10.1 Å². The standard InChI is InChI=1S/C7H13N5O2/c1-3-11(4-2)6-8-5-9-7(10-6)12(13)14/h5,13-14H,3-4H2,1-2H3. The Morgan fingerprint density at radius 2 is 1.71 bits per heavy atom. The molecule has 2 N–H and O–H groups in total. The van der Waals surface area contributed by atoms with Crippen molar-refractivity contribution < 1.29 is 10.4 Å². The lowest BCUT2D eigenvalue weighted by atomic mass is 10.5. The summed E-state index contributed by atoms with van der Waals surface area (Å²) in [4.78, 5) is 13.2. The molecule has 0 aromatic carbocycles. The van der Waals surface area contributed by atoms with E-state index in [1.165, 1.54) is 6.33 Å². The highest BCUT2D eigenvalue weighted by molar-refractivity contribution is 5.33. The van der Waals surface area contributed by atoms with Crippen LogP contribution in [0.3, 0.4) is 0 Å². The molecule has 0 saturated carbocycles. The number of hydrogen-bond acceptors (Lipinski definition) is 7. The van der Waals surface area contributed by atoms with Crippen molar-refractivity contribution in [2.45, 2.75) is 13.8 Å². The molecule has 78 valence electrons. The van der Waals surface area contributed by atoms with E-state index in [0.29, 0.717) is 5.95 Å². The van der Waals surface area contributed by atoms with E-state index in [-0.39, 0.29) is 11.2 Å². The van der Waals surface area contributed by atoms with E-state index in [0.717, 1.165) is 13.1 Å². The predicted octanol–water partition coefficient (Wildman–Crippen LogP) is 0.303. The van der Waals surface area contributed by atoms with Crippen LogP contribution in [0.2, 0.25) is 0 Å². The average molecular weight is 199 g/mol. The zero-order chi connectivity index (χ0) is 10.6. The lowest BCUT2D eigenvalue weighted by Gasteiger charge is -2.18. The van der Waals surface area contributed by atoms with Crippen LogP contribution in [0.25, 0.3) is 0 Å². The predicted molar refractivity (Wildman–Crippen MR) is 49.4 cm³/mol. The summed E-state index contributed by atoms with van der Waals surface area (Å²) in [5.41, 5.74) is 0. The molecule has 14 heavy (non-hydrogen) atoms. The van der Waals surface area contributed by atoms with Gasteiger partial charge in [0.2, 0.25) is 5.95 Å². The van der Waals surface area contributed by atoms with Crippen molar-refractivity contribution in [2.24, 2.45) is 0 Å². The van der Waals surface area contributed by atoms with Crippen LogP contribution in [-0.2, 0) is 0 Å². The Morgan fingerprint density at radius 1 is 1.14 bits per heavy atom. The van der Waals surface area contributed by atoms with Crippen molar-refractivity contribution in [1.82, 2.24) is 15.0 Å². The highest BCUT2D eigenvalue weighted by atomic mass is 16.8. The Hall–Kier alpha value is -1.47. The Balaban J connectivity index is 2.92. The molecule has 0 aliphatic rings. The van der Waals surface area contributed by atoms with Gasteiger partial charge in [-0.1, -0.05) is 5.23 Å². The normalized spacial score (nSPS) is 10.0. The molecule has 0 fully saturated rings. The highest BCUT2D eigenvalue weighted by Gasteiger charge is 2.09. The zero-order valence-corrected chi connectivity index (χ0v) is 8.12. The Morgan fingerprint density at radius 3 is 2.21 bits per heavy atom. The van der Waals surface area contributed by atoms with E-state index < -0.39 is 0 Å². The van der Waals surface area contributed by atoms with Gasteiger partial charge in [-0.25, -0.2) is 4.98 Å². The second-order valence-corrected chi connectivity index (χ2v) is 2.55. The van der Waals surface area contributed by atoms with E-state index in [2.05, 4.69) is 15.0 Å². The largest absolute Gasteiger partial charge is 0.341 e. The first-order valence-corrected chi connectivity index (χ1v) is 4.30. The third-order valence-electron chi connectivity index (χ3n) is 1.77. The van der Waals surface area contributed by atoms with Gasteiger partial charge in [-0.05, 0) is 13.8 Å². The maximum Gasteiger partial charge on any atom is 0.282 e. The van der Waals surface area contributed by atoms with E-state index in [1.807, 2.05) is 18.7 Å². The second kappa shape index (κ2) is 4.68. The van der Waals surface area contributed by atoms with Gasteiger partial charge >= 0.3 is 0 Å². The first-order chi connectivity index (χ1) is 6.69. The Labute approximate surface area is 81.6 Å².